The second-order valence-corrected chi connectivity index (χ2v) is 10.7. The maximum atomic E-state index is 13.0. The lowest BCUT2D eigenvalue weighted by atomic mass is 9.89. The van der Waals surface area contributed by atoms with Gasteiger partial charge in [-0.2, -0.15) is 0 Å². The van der Waals surface area contributed by atoms with Crippen molar-refractivity contribution in [1.82, 2.24) is 14.5 Å². The second kappa shape index (κ2) is 8.21. The van der Waals surface area contributed by atoms with E-state index in [4.69, 9.17) is 4.74 Å². The molecular weight excluding hydrogens is 362 g/mol. The van der Waals surface area contributed by atoms with Crippen LogP contribution in [0.1, 0.15) is 57.1 Å². The Labute approximate surface area is 163 Å². The van der Waals surface area contributed by atoms with Crippen molar-refractivity contribution >= 4 is 9.84 Å². The Hall–Kier alpha value is -0.920. The summed E-state index contributed by atoms with van der Waals surface area (Å²) in [6, 6.07) is 0.412. The highest BCUT2D eigenvalue weighted by Crippen LogP contribution is 2.33. The topological polar surface area (TPSA) is 64.4 Å². The SMILES string of the molecule is CN(Cc1cnc(S(=O)(=O)CC2CC2)n1CC1CCCCC1)[C@@H]1CCOC1. The molecule has 0 N–H and O–H groups in total. The molecule has 2 aliphatic carbocycles. The summed E-state index contributed by atoms with van der Waals surface area (Å²) in [4.78, 5) is 6.72. The fraction of sp³-hybridized carbons (Fsp3) is 0.850. The summed E-state index contributed by atoms with van der Waals surface area (Å²) in [5.74, 6) is 1.18. The first-order valence-corrected chi connectivity index (χ1v) is 12.2. The average Bonchev–Trinajstić information content (AvgIpc) is 3.12. The number of likely N-dealkylation sites (N-methyl/N-ethyl adjacent to an activating group) is 1. The number of nitrogens with zero attached hydrogens (tertiary/aromatic N) is 3. The van der Waals surface area contributed by atoms with E-state index in [1.165, 1.54) is 32.1 Å². The van der Waals surface area contributed by atoms with Gasteiger partial charge in [0.2, 0.25) is 15.0 Å². The van der Waals surface area contributed by atoms with Crippen LogP contribution in [0, 0.1) is 11.8 Å². The summed E-state index contributed by atoms with van der Waals surface area (Å²) in [6.45, 7) is 3.10. The summed E-state index contributed by atoms with van der Waals surface area (Å²) in [6.07, 6.45) is 11.2. The molecule has 6 nitrogen and oxygen atoms in total. The molecule has 0 aromatic carbocycles. The lowest BCUT2D eigenvalue weighted by Crippen LogP contribution is -2.32. The molecule has 27 heavy (non-hydrogen) atoms. The molecule has 1 aromatic rings. The van der Waals surface area contributed by atoms with Crippen LogP contribution in [0.15, 0.2) is 11.4 Å². The second-order valence-electron chi connectivity index (χ2n) is 8.80. The Bertz CT molecular complexity index is 730. The number of ether oxygens (including phenoxy) is 1. The van der Waals surface area contributed by atoms with Crippen molar-refractivity contribution in [2.45, 2.75) is 75.7 Å². The Morgan fingerprint density at radius 3 is 2.59 bits per heavy atom. The van der Waals surface area contributed by atoms with Gasteiger partial charge >= 0.3 is 0 Å². The van der Waals surface area contributed by atoms with E-state index in [9.17, 15) is 8.42 Å². The summed E-state index contributed by atoms with van der Waals surface area (Å²) < 4.78 is 33.5. The van der Waals surface area contributed by atoms with Crippen molar-refractivity contribution in [1.29, 1.82) is 0 Å². The van der Waals surface area contributed by atoms with Crippen molar-refractivity contribution in [3.05, 3.63) is 11.9 Å². The molecule has 2 heterocycles. The molecule has 7 heteroatoms. The number of hydrogen-bond acceptors (Lipinski definition) is 5. The van der Waals surface area contributed by atoms with Crippen LogP contribution in [-0.4, -0.2) is 54.9 Å². The Kier molecular flexibility index (Phi) is 5.90. The smallest absolute Gasteiger partial charge is 0.227 e. The van der Waals surface area contributed by atoms with Crippen LogP contribution in [0.25, 0.3) is 0 Å². The van der Waals surface area contributed by atoms with Crippen molar-refractivity contribution in [3.8, 4) is 0 Å². The lowest BCUT2D eigenvalue weighted by molar-refractivity contribution is 0.154. The first-order chi connectivity index (χ1) is 13.0. The van der Waals surface area contributed by atoms with Gasteiger partial charge in [0, 0.05) is 25.7 Å². The summed E-state index contributed by atoms with van der Waals surface area (Å²) in [5.41, 5.74) is 1.03. The van der Waals surface area contributed by atoms with Crippen molar-refractivity contribution in [3.63, 3.8) is 0 Å². The molecular formula is C20H33N3O3S. The van der Waals surface area contributed by atoms with Gasteiger partial charge in [-0.05, 0) is 51.0 Å². The van der Waals surface area contributed by atoms with Gasteiger partial charge in [0.05, 0.1) is 24.3 Å². The average molecular weight is 396 g/mol. The summed E-state index contributed by atoms with van der Waals surface area (Å²) in [7, 11) is -1.20. The minimum absolute atomic E-state index is 0.264. The van der Waals surface area contributed by atoms with Crippen molar-refractivity contribution < 1.29 is 13.2 Å². The Morgan fingerprint density at radius 2 is 1.93 bits per heavy atom. The molecule has 3 aliphatic rings. The molecule has 152 valence electrons. The lowest BCUT2D eigenvalue weighted by Gasteiger charge is -2.26. The van der Waals surface area contributed by atoms with E-state index in [0.717, 1.165) is 51.3 Å². The van der Waals surface area contributed by atoms with E-state index in [1.54, 1.807) is 6.20 Å². The Balaban J connectivity index is 1.56. The zero-order chi connectivity index (χ0) is 18.9. The van der Waals surface area contributed by atoms with Gasteiger partial charge in [0.1, 0.15) is 0 Å². The van der Waals surface area contributed by atoms with Crippen LogP contribution in [0.4, 0.5) is 0 Å². The predicted octanol–water partition coefficient (Wildman–Crippen LogP) is 2.87. The zero-order valence-corrected chi connectivity index (χ0v) is 17.3. The van der Waals surface area contributed by atoms with Crippen molar-refractivity contribution in [2.24, 2.45) is 11.8 Å². The van der Waals surface area contributed by atoms with Gasteiger partial charge < -0.3 is 9.30 Å². The van der Waals surface area contributed by atoms with Gasteiger partial charge in [0.15, 0.2) is 0 Å². The van der Waals surface area contributed by atoms with Crippen LogP contribution in [0.5, 0.6) is 0 Å². The highest BCUT2D eigenvalue weighted by atomic mass is 32.2. The quantitative estimate of drug-likeness (QED) is 0.677. The molecule has 0 amide bonds. The third-order valence-electron chi connectivity index (χ3n) is 6.44. The fourth-order valence-corrected chi connectivity index (χ4v) is 6.36. The highest BCUT2D eigenvalue weighted by Gasteiger charge is 2.33. The number of rotatable bonds is 8. The minimum Gasteiger partial charge on any atom is -0.380 e. The molecule has 0 radical (unpaired) electrons. The van der Waals surface area contributed by atoms with Crippen molar-refractivity contribution in [2.75, 3.05) is 26.0 Å². The van der Waals surface area contributed by atoms with Crippen LogP contribution in [0.2, 0.25) is 0 Å². The van der Waals surface area contributed by atoms with E-state index >= 15 is 0 Å². The van der Waals surface area contributed by atoms with E-state index < -0.39 is 9.84 Å². The van der Waals surface area contributed by atoms with Gasteiger partial charge in [-0.15, -0.1) is 0 Å². The first kappa shape index (κ1) is 19.4. The third-order valence-corrected chi connectivity index (χ3v) is 8.23. The molecule has 0 spiro atoms. The molecule has 2 saturated carbocycles. The monoisotopic (exact) mass is 395 g/mol. The molecule has 3 fully saturated rings. The summed E-state index contributed by atoms with van der Waals surface area (Å²) >= 11 is 0. The standard InChI is InChI=1S/C20H33N3O3S/c1-22(18-9-10-26-14-18)13-19-11-21-20(27(24,25)15-17-7-8-17)23(19)12-16-5-3-2-4-6-16/h11,16-18H,2-10,12-15H2,1H3/t18-/m1/s1. The first-order valence-electron chi connectivity index (χ1n) is 10.6. The third kappa shape index (κ3) is 4.74. The molecule has 1 saturated heterocycles. The van der Waals surface area contributed by atoms with Crippen LogP contribution in [-0.2, 0) is 27.7 Å². The van der Waals surface area contributed by atoms with Crippen LogP contribution in [0.3, 0.4) is 0 Å². The number of hydrogen-bond donors (Lipinski definition) is 0. The molecule has 1 atom stereocenters. The fourth-order valence-electron chi connectivity index (χ4n) is 4.51. The molecule has 1 aromatic heterocycles. The molecule has 4 rings (SSSR count). The van der Waals surface area contributed by atoms with Gasteiger partial charge in [-0.3, -0.25) is 4.90 Å². The van der Waals surface area contributed by atoms with E-state index in [0.29, 0.717) is 23.0 Å². The van der Waals surface area contributed by atoms with E-state index in [1.807, 2.05) is 4.57 Å². The Morgan fingerprint density at radius 1 is 1.15 bits per heavy atom. The molecule has 0 unspecified atom stereocenters. The maximum absolute atomic E-state index is 13.0. The van der Waals surface area contributed by atoms with E-state index in [-0.39, 0.29) is 5.75 Å². The van der Waals surface area contributed by atoms with Gasteiger partial charge in [-0.1, -0.05) is 19.3 Å². The minimum atomic E-state index is -3.30. The number of sulfone groups is 1. The molecule has 1 aliphatic heterocycles. The highest BCUT2D eigenvalue weighted by molar-refractivity contribution is 7.91. The summed E-state index contributed by atoms with van der Waals surface area (Å²) in [5, 5.41) is 0.311. The number of imidazole rings is 1. The van der Waals surface area contributed by atoms with Gasteiger partial charge in [0.25, 0.3) is 0 Å². The van der Waals surface area contributed by atoms with Gasteiger partial charge in [-0.25, -0.2) is 13.4 Å². The van der Waals surface area contributed by atoms with Crippen LogP contribution < -0.4 is 0 Å². The predicted molar refractivity (Wildman–Crippen MR) is 104 cm³/mol. The maximum Gasteiger partial charge on any atom is 0.227 e. The number of aromatic nitrogens is 2. The zero-order valence-electron chi connectivity index (χ0n) is 16.5. The normalized spacial score (nSPS) is 24.7. The largest absolute Gasteiger partial charge is 0.380 e. The van der Waals surface area contributed by atoms with Crippen LogP contribution >= 0.6 is 0 Å². The van der Waals surface area contributed by atoms with E-state index in [2.05, 4.69) is 16.9 Å². The molecule has 0 bridgehead atoms.